The van der Waals surface area contributed by atoms with Crippen LogP contribution in [0, 0.1) is 0 Å². The van der Waals surface area contributed by atoms with E-state index in [0.29, 0.717) is 0 Å². The molecule has 0 spiro atoms. The maximum atomic E-state index is 3.95. The summed E-state index contributed by atoms with van der Waals surface area (Å²) < 4.78 is 0. The van der Waals surface area contributed by atoms with Crippen LogP contribution in [0.1, 0.15) is 32.6 Å². The summed E-state index contributed by atoms with van der Waals surface area (Å²) >= 11 is 0. The Morgan fingerprint density at radius 2 is 2.27 bits per heavy atom. The molecular weight excluding hydrogens is 132 g/mol. The van der Waals surface area contributed by atoms with Crippen molar-refractivity contribution < 1.29 is 0 Å². The highest BCUT2D eigenvalue weighted by Crippen LogP contribution is 2.18. The Balaban J connectivity index is 2.65. The van der Waals surface area contributed by atoms with Crippen molar-refractivity contribution in [2.45, 2.75) is 32.6 Å². The van der Waals surface area contributed by atoms with Gasteiger partial charge in [0.1, 0.15) is 0 Å². The Morgan fingerprint density at radius 3 is 3.00 bits per heavy atom. The maximum absolute atomic E-state index is 3.95. The van der Waals surface area contributed by atoms with Crippen molar-refractivity contribution in [3.63, 3.8) is 0 Å². The molecule has 60 valence electrons. The average Bonchev–Trinajstić information content (AvgIpc) is 1.84. The zero-order chi connectivity index (χ0) is 8.10. The molecule has 0 bridgehead atoms. The smallest absolute Gasteiger partial charge is 0.0276 e. The molecule has 0 aromatic heterocycles. The van der Waals surface area contributed by atoms with E-state index in [1.54, 1.807) is 0 Å². The van der Waals surface area contributed by atoms with Crippen LogP contribution in [-0.2, 0) is 0 Å². The molecule has 0 aromatic carbocycles. The second kappa shape index (κ2) is 4.17. The van der Waals surface area contributed by atoms with Gasteiger partial charge in [-0.15, -0.1) is 0 Å². The molecule has 0 nitrogen and oxygen atoms in total. The summed E-state index contributed by atoms with van der Waals surface area (Å²) in [6, 6.07) is 0. The maximum Gasteiger partial charge on any atom is -0.0276 e. The highest BCUT2D eigenvalue weighted by atomic mass is 14.0. The Labute approximate surface area is 69.3 Å². The molecular formula is C11H16. The lowest BCUT2D eigenvalue weighted by atomic mass is 9.99. The van der Waals surface area contributed by atoms with Gasteiger partial charge in [-0.2, -0.15) is 0 Å². The minimum absolute atomic E-state index is 1.21. The van der Waals surface area contributed by atoms with Crippen LogP contribution >= 0.6 is 0 Å². The van der Waals surface area contributed by atoms with Gasteiger partial charge in [0.25, 0.3) is 0 Å². The van der Waals surface area contributed by atoms with Gasteiger partial charge in [-0.3, -0.25) is 0 Å². The fourth-order valence-electron chi connectivity index (χ4n) is 1.30. The van der Waals surface area contributed by atoms with Crippen LogP contribution in [0.5, 0.6) is 0 Å². The van der Waals surface area contributed by atoms with Crippen molar-refractivity contribution >= 4 is 0 Å². The fraction of sp³-hybridized carbons (Fsp3) is 0.455. The van der Waals surface area contributed by atoms with Crippen molar-refractivity contribution in [3.05, 3.63) is 36.0 Å². The van der Waals surface area contributed by atoms with E-state index in [-0.39, 0.29) is 0 Å². The van der Waals surface area contributed by atoms with Crippen molar-refractivity contribution in [1.29, 1.82) is 0 Å². The van der Waals surface area contributed by atoms with E-state index < -0.39 is 0 Å². The van der Waals surface area contributed by atoms with Crippen molar-refractivity contribution in [2.75, 3.05) is 0 Å². The molecule has 0 N–H and O–H groups in total. The van der Waals surface area contributed by atoms with E-state index in [0.717, 1.165) is 0 Å². The predicted octanol–water partition coefficient (Wildman–Crippen LogP) is 3.62. The third-order valence-electron chi connectivity index (χ3n) is 2.05. The van der Waals surface area contributed by atoms with E-state index >= 15 is 0 Å². The number of hydrogen-bond acceptors (Lipinski definition) is 0. The SMILES string of the molecule is C=C(C)C1=CC=CCCCC1. The molecule has 11 heavy (non-hydrogen) atoms. The third-order valence-corrected chi connectivity index (χ3v) is 2.05. The van der Waals surface area contributed by atoms with Gasteiger partial charge in [0.05, 0.1) is 0 Å². The van der Waals surface area contributed by atoms with Gasteiger partial charge < -0.3 is 0 Å². The lowest BCUT2D eigenvalue weighted by molar-refractivity contribution is 0.741. The first-order valence-corrected chi connectivity index (χ1v) is 4.32. The summed E-state index contributed by atoms with van der Waals surface area (Å²) in [5, 5.41) is 0. The number of rotatable bonds is 1. The Hall–Kier alpha value is -0.780. The topological polar surface area (TPSA) is 0 Å². The van der Waals surface area contributed by atoms with Crippen molar-refractivity contribution in [2.24, 2.45) is 0 Å². The Kier molecular flexibility index (Phi) is 3.15. The van der Waals surface area contributed by atoms with Crippen LogP contribution in [-0.4, -0.2) is 0 Å². The first-order valence-electron chi connectivity index (χ1n) is 4.32. The largest absolute Gasteiger partial charge is 0.0958 e. The molecule has 0 saturated carbocycles. The van der Waals surface area contributed by atoms with E-state index in [1.165, 1.54) is 36.8 Å². The molecule has 1 aliphatic rings. The van der Waals surface area contributed by atoms with Gasteiger partial charge >= 0.3 is 0 Å². The average molecular weight is 148 g/mol. The van der Waals surface area contributed by atoms with Crippen LogP contribution < -0.4 is 0 Å². The second-order valence-electron chi connectivity index (χ2n) is 3.15. The molecule has 0 saturated heterocycles. The van der Waals surface area contributed by atoms with E-state index in [1.807, 2.05) is 0 Å². The van der Waals surface area contributed by atoms with Crippen LogP contribution in [0.15, 0.2) is 36.0 Å². The molecule has 0 fully saturated rings. The number of hydrogen-bond donors (Lipinski definition) is 0. The molecule has 0 heteroatoms. The standard InChI is InChI=1S/C11H16/c1-10(2)11-8-6-4-3-5-7-9-11/h4,6,8H,1,3,5,7,9H2,2H3. The highest BCUT2D eigenvalue weighted by Gasteiger charge is 1.98. The molecule has 0 unspecified atom stereocenters. The van der Waals surface area contributed by atoms with Crippen molar-refractivity contribution in [1.82, 2.24) is 0 Å². The van der Waals surface area contributed by atoms with Crippen molar-refractivity contribution in [3.8, 4) is 0 Å². The fourth-order valence-corrected chi connectivity index (χ4v) is 1.30. The van der Waals surface area contributed by atoms with Gasteiger partial charge in [0.15, 0.2) is 0 Å². The van der Waals surface area contributed by atoms with E-state index in [2.05, 4.69) is 31.7 Å². The summed E-state index contributed by atoms with van der Waals surface area (Å²) in [5.41, 5.74) is 2.64. The summed E-state index contributed by atoms with van der Waals surface area (Å²) in [5.74, 6) is 0. The first kappa shape index (κ1) is 8.32. The van der Waals surface area contributed by atoms with Crippen LogP contribution in [0.4, 0.5) is 0 Å². The second-order valence-corrected chi connectivity index (χ2v) is 3.15. The lowest BCUT2D eigenvalue weighted by Gasteiger charge is -2.07. The zero-order valence-electron chi connectivity index (χ0n) is 7.27. The molecule has 0 amide bonds. The molecule has 0 heterocycles. The molecule has 1 rings (SSSR count). The molecule has 0 atom stereocenters. The molecule has 0 aromatic rings. The highest BCUT2D eigenvalue weighted by molar-refractivity contribution is 5.30. The van der Waals surface area contributed by atoms with E-state index in [9.17, 15) is 0 Å². The monoisotopic (exact) mass is 148 g/mol. The molecule has 1 aliphatic carbocycles. The summed E-state index contributed by atoms with van der Waals surface area (Å²) in [7, 11) is 0. The summed E-state index contributed by atoms with van der Waals surface area (Å²) in [6.07, 6.45) is 11.7. The first-order chi connectivity index (χ1) is 5.30. The summed E-state index contributed by atoms with van der Waals surface area (Å²) in [4.78, 5) is 0. The Bertz CT molecular complexity index is 194. The quantitative estimate of drug-likeness (QED) is 0.532. The van der Waals surface area contributed by atoms with Gasteiger partial charge in [-0.05, 0) is 38.2 Å². The third kappa shape index (κ3) is 2.75. The van der Waals surface area contributed by atoms with E-state index in [4.69, 9.17) is 0 Å². The van der Waals surface area contributed by atoms with Gasteiger partial charge in [-0.1, -0.05) is 30.4 Å². The molecule has 0 radical (unpaired) electrons. The minimum Gasteiger partial charge on any atom is -0.0958 e. The van der Waals surface area contributed by atoms with Crippen LogP contribution in [0.2, 0.25) is 0 Å². The van der Waals surface area contributed by atoms with Gasteiger partial charge in [0.2, 0.25) is 0 Å². The zero-order valence-corrected chi connectivity index (χ0v) is 7.27. The Morgan fingerprint density at radius 1 is 1.45 bits per heavy atom. The number of allylic oxidation sites excluding steroid dienone is 5. The summed E-state index contributed by atoms with van der Waals surface area (Å²) in [6.45, 7) is 6.03. The van der Waals surface area contributed by atoms with Crippen LogP contribution in [0.25, 0.3) is 0 Å². The normalized spacial score (nSPS) is 18.5. The minimum atomic E-state index is 1.21. The lowest BCUT2D eigenvalue weighted by Crippen LogP contribution is -1.87. The van der Waals surface area contributed by atoms with Gasteiger partial charge in [-0.25, -0.2) is 0 Å². The predicted molar refractivity (Wildman–Crippen MR) is 50.5 cm³/mol. The van der Waals surface area contributed by atoms with Gasteiger partial charge in [0, 0.05) is 0 Å². The molecule has 0 aliphatic heterocycles. The van der Waals surface area contributed by atoms with Crippen LogP contribution in [0.3, 0.4) is 0 Å².